The van der Waals surface area contributed by atoms with Crippen molar-refractivity contribution in [2.45, 2.75) is 26.7 Å². The molecule has 1 aromatic heterocycles. The van der Waals surface area contributed by atoms with E-state index in [9.17, 15) is 0 Å². The second-order valence-corrected chi connectivity index (χ2v) is 5.54. The summed E-state index contributed by atoms with van der Waals surface area (Å²) in [6.45, 7) is 6.45. The van der Waals surface area contributed by atoms with Gasteiger partial charge in [-0.25, -0.2) is 4.98 Å². The van der Waals surface area contributed by atoms with E-state index >= 15 is 0 Å². The Hall–Kier alpha value is -1.35. The molecule has 0 amide bonds. The molecule has 1 heterocycles. The Labute approximate surface area is 117 Å². The number of hydrogen-bond acceptors (Lipinski definition) is 2. The van der Waals surface area contributed by atoms with Gasteiger partial charge in [0.15, 0.2) is 0 Å². The Morgan fingerprint density at radius 3 is 2.61 bits per heavy atom. The van der Waals surface area contributed by atoms with Gasteiger partial charge in [-0.1, -0.05) is 32.0 Å². The van der Waals surface area contributed by atoms with Crippen molar-refractivity contribution in [2.75, 3.05) is 5.32 Å². The maximum atomic E-state index is 4.38. The predicted molar refractivity (Wildman–Crippen MR) is 80.5 cm³/mol. The Morgan fingerprint density at radius 2 is 1.94 bits per heavy atom. The van der Waals surface area contributed by atoms with Crippen molar-refractivity contribution < 1.29 is 0 Å². The topological polar surface area (TPSA) is 24.9 Å². The lowest BCUT2D eigenvalue weighted by Crippen LogP contribution is -1.99. The van der Waals surface area contributed by atoms with Crippen LogP contribution in [0.1, 0.15) is 30.9 Å². The summed E-state index contributed by atoms with van der Waals surface area (Å²) < 4.78 is 1.03. The first-order chi connectivity index (χ1) is 8.58. The fourth-order valence-corrected chi connectivity index (χ4v) is 2.08. The first-order valence-corrected chi connectivity index (χ1v) is 6.85. The molecule has 1 aromatic carbocycles. The molecule has 0 unspecified atom stereocenters. The highest BCUT2D eigenvalue weighted by molar-refractivity contribution is 9.10. The average molecular weight is 305 g/mol. The summed E-state index contributed by atoms with van der Waals surface area (Å²) in [5, 5.41) is 3.39. The zero-order valence-corrected chi connectivity index (χ0v) is 12.5. The van der Waals surface area contributed by atoms with Gasteiger partial charge < -0.3 is 5.32 Å². The number of halogens is 1. The monoisotopic (exact) mass is 304 g/mol. The molecule has 0 spiro atoms. The van der Waals surface area contributed by atoms with Gasteiger partial charge in [0, 0.05) is 16.4 Å². The van der Waals surface area contributed by atoms with E-state index in [1.54, 1.807) is 0 Å². The minimum Gasteiger partial charge on any atom is -0.340 e. The largest absolute Gasteiger partial charge is 0.340 e. The molecule has 1 N–H and O–H groups in total. The van der Waals surface area contributed by atoms with Crippen LogP contribution in [0, 0.1) is 6.92 Å². The second kappa shape index (κ2) is 5.53. The van der Waals surface area contributed by atoms with Crippen LogP contribution in [-0.2, 0) is 0 Å². The van der Waals surface area contributed by atoms with Crippen LogP contribution in [0.15, 0.2) is 41.0 Å². The lowest BCUT2D eigenvalue weighted by Gasteiger charge is -2.14. The number of pyridine rings is 1. The van der Waals surface area contributed by atoms with Crippen LogP contribution >= 0.6 is 15.9 Å². The lowest BCUT2D eigenvalue weighted by atomic mass is 10.0. The van der Waals surface area contributed by atoms with Crippen LogP contribution in [0.4, 0.5) is 11.5 Å². The number of nitrogens with one attached hydrogen (secondary N) is 1. The van der Waals surface area contributed by atoms with Crippen molar-refractivity contribution in [1.29, 1.82) is 0 Å². The molecule has 2 rings (SSSR count). The van der Waals surface area contributed by atoms with E-state index < -0.39 is 0 Å². The molecular weight excluding hydrogens is 288 g/mol. The first-order valence-electron chi connectivity index (χ1n) is 6.06. The molecule has 18 heavy (non-hydrogen) atoms. The van der Waals surface area contributed by atoms with Gasteiger partial charge in [-0.2, -0.15) is 0 Å². The third-order valence-corrected chi connectivity index (χ3v) is 3.72. The van der Waals surface area contributed by atoms with Crippen LogP contribution in [-0.4, -0.2) is 4.98 Å². The van der Waals surface area contributed by atoms with Crippen molar-refractivity contribution >= 4 is 27.4 Å². The van der Waals surface area contributed by atoms with Gasteiger partial charge in [0.1, 0.15) is 5.82 Å². The molecular formula is C15H17BrN2. The molecule has 0 aliphatic carbocycles. The van der Waals surface area contributed by atoms with E-state index in [1.807, 2.05) is 18.3 Å². The van der Waals surface area contributed by atoms with Crippen LogP contribution in [0.3, 0.4) is 0 Å². The number of para-hydroxylation sites is 1. The van der Waals surface area contributed by atoms with Crippen LogP contribution in [0.2, 0.25) is 0 Å². The summed E-state index contributed by atoms with van der Waals surface area (Å²) in [7, 11) is 0. The van der Waals surface area contributed by atoms with Crippen LogP contribution < -0.4 is 5.32 Å². The van der Waals surface area contributed by atoms with E-state index in [4.69, 9.17) is 0 Å². The Bertz CT molecular complexity index is 550. The number of rotatable bonds is 3. The average Bonchev–Trinajstić information content (AvgIpc) is 2.34. The molecule has 0 fully saturated rings. The fourth-order valence-electron chi connectivity index (χ4n) is 1.86. The third-order valence-electron chi connectivity index (χ3n) is 2.89. The van der Waals surface area contributed by atoms with Crippen molar-refractivity contribution in [3.8, 4) is 0 Å². The summed E-state index contributed by atoms with van der Waals surface area (Å²) in [6, 6.07) is 10.4. The normalized spacial score (nSPS) is 10.7. The molecule has 0 radical (unpaired) electrons. The van der Waals surface area contributed by atoms with Gasteiger partial charge in [-0.05, 0) is 52.0 Å². The van der Waals surface area contributed by atoms with Crippen molar-refractivity contribution in [1.82, 2.24) is 4.98 Å². The van der Waals surface area contributed by atoms with Gasteiger partial charge in [0.2, 0.25) is 0 Å². The number of anilines is 2. The van der Waals surface area contributed by atoms with Gasteiger partial charge in [0.25, 0.3) is 0 Å². The predicted octanol–water partition coefficient (Wildman–Crippen LogP) is 5.02. The van der Waals surface area contributed by atoms with Gasteiger partial charge >= 0.3 is 0 Å². The van der Waals surface area contributed by atoms with E-state index in [0.717, 1.165) is 16.0 Å². The molecule has 0 aliphatic rings. The summed E-state index contributed by atoms with van der Waals surface area (Å²) >= 11 is 3.46. The highest BCUT2D eigenvalue weighted by Gasteiger charge is 2.06. The highest BCUT2D eigenvalue weighted by Crippen LogP contribution is 2.27. The summed E-state index contributed by atoms with van der Waals surface area (Å²) in [6.07, 6.45) is 1.83. The fraction of sp³-hybridized carbons (Fsp3) is 0.267. The quantitative estimate of drug-likeness (QED) is 0.861. The van der Waals surface area contributed by atoms with E-state index in [-0.39, 0.29) is 0 Å². The number of nitrogens with zero attached hydrogens (tertiary/aromatic N) is 1. The maximum absolute atomic E-state index is 4.38. The molecule has 2 nitrogen and oxygen atoms in total. The van der Waals surface area contributed by atoms with Crippen molar-refractivity contribution in [2.24, 2.45) is 0 Å². The molecule has 0 atom stereocenters. The van der Waals surface area contributed by atoms with Gasteiger partial charge in [-0.3, -0.25) is 0 Å². The van der Waals surface area contributed by atoms with Crippen LogP contribution in [0.25, 0.3) is 0 Å². The Kier molecular flexibility index (Phi) is 4.02. The smallest absolute Gasteiger partial charge is 0.130 e. The number of benzene rings is 1. The standard InChI is InChI=1S/C15H17BrN2/c1-10(2)12-6-4-5-7-14(12)18-15-8-11(3)13(16)9-17-15/h4-10H,1-3H3,(H,17,18). The molecule has 94 valence electrons. The molecule has 2 aromatic rings. The SMILES string of the molecule is Cc1cc(Nc2ccccc2C(C)C)ncc1Br. The number of aromatic nitrogens is 1. The van der Waals surface area contributed by atoms with Crippen molar-refractivity contribution in [3.05, 3.63) is 52.1 Å². The number of aryl methyl sites for hydroxylation is 1. The molecule has 0 bridgehead atoms. The zero-order chi connectivity index (χ0) is 13.1. The lowest BCUT2D eigenvalue weighted by molar-refractivity contribution is 0.869. The second-order valence-electron chi connectivity index (χ2n) is 4.69. The van der Waals surface area contributed by atoms with E-state index in [2.05, 4.69) is 65.2 Å². The third kappa shape index (κ3) is 2.91. The van der Waals surface area contributed by atoms with E-state index in [1.165, 1.54) is 11.1 Å². The zero-order valence-electron chi connectivity index (χ0n) is 10.9. The maximum Gasteiger partial charge on any atom is 0.130 e. The van der Waals surface area contributed by atoms with Gasteiger partial charge in [-0.15, -0.1) is 0 Å². The molecule has 0 saturated heterocycles. The van der Waals surface area contributed by atoms with E-state index in [0.29, 0.717) is 5.92 Å². The van der Waals surface area contributed by atoms with Crippen LogP contribution in [0.5, 0.6) is 0 Å². The minimum absolute atomic E-state index is 0.491. The van der Waals surface area contributed by atoms with Crippen molar-refractivity contribution in [3.63, 3.8) is 0 Å². The number of hydrogen-bond donors (Lipinski definition) is 1. The Morgan fingerprint density at radius 1 is 1.22 bits per heavy atom. The summed E-state index contributed by atoms with van der Waals surface area (Å²) in [5.74, 6) is 1.37. The summed E-state index contributed by atoms with van der Waals surface area (Å²) in [4.78, 5) is 4.38. The molecule has 0 saturated carbocycles. The summed E-state index contributed by atoms with van der Waals surface area (Å²) in [5.41, 5.74) is 3.61. The van der Waals surface area contributed by atoms with Gasteiger partial charge in [0.05, 0.1) is 0 Å². The first kappa shape index (κ1) is 13.1. The Balaban J connectivity index is 2.31. The minimum atomic E-state index is 0.491. The highest BCUT2D eigenvalue weighted by atomic mass is 79.9. The molecule has 0 aliphatic heterocycles. The molecule has 3 heteroatoms.